The van der Waals surface area contributed by atoms with E-state index in [0.29, 0.717) is 11.2 Å². The molecule has 3 heterocycles. The van der Waals surface area contributed by atoms with E-state index in [1.807, 2.05) is 30.8 Å². The second kappa shape index (κ2) is 4.21. The molecule has 94 valence electrons. The van der Waals surface area contributed by atoms with Crippen molar-refractivity contribution in [2.75, 3.05) is 0 Å². The molecule has 0 radical (unpaired) electrons. The highest BCUT2D eigenvalue weighted by atomic mass is 15.3. The van der Waals surface area contributed by atoms with Crippen molar-refractivity contribution in [3.63, 3.8) is 0 Å². The number of fused-ring (bicyclic) bond motifs is 1. The van der Waals surface area contributed by atoms with Gasteiger partial charge in [-0.15, -0.1) is 0 Å². The van der Waals surface area contributed by atoms with Gasteiger partial charge in [-0.05, 0) is 19.9 Å². The van der Waals surface area contributed by atoms with Crippen LogP contribution in [0.4, 0.5) is 0 Å². The molecule has 0 saturated heterocycles. The summed E-state index contributed by atoms with van der Waals surface area (Å²) in [6.45, 7) is 4.89. The number of aromatic nitrogens is 5. The van der Waals surface area contributed by atoms with Crippen LogP contribution < -0.4 is 0 Å². The number of hydrogen-bond acceptors (Lipinski definition) is 4. The molecule has 6 nitrogen and oxygen atoms in total. The quantitative estimate of drug-likeness (QED) is 0.697. The summed E-state index contributed by atoms with van der Waals surface area (Å²) in [5.74, 6) is 0. The van der Waals surface area contributed by atoms with Gasteiger partial charge in [0.15, 0.2) is 5.65 Å². The van der Waals surface area contributed by atoms with Crippen molar-refractivity contribution in [3.05, 3.63) is 35.9 Å². The Morgan fingerprint density at radius 1 is 1.32 bits per heavy atom. The first-order chi connectivity index (χ1) is 9.26. The van der Waals surface area contributed by atoms with Crippen LogP contribution in [0.25, 0.3) is 16.9 Å². The van der Waals surface area contributed by atoms with Crippen molar-refractivity contribution in [3.8, 4) is 17.3 Å². The van der Waals surface area contributed by atoms with Crippen LogP contribution in [0.3, 0.4) is 0 Å². The van der Waals surface area contributed by atoms with Crippen molar-refractivity contribution >= 4 is 5.65 Å². The Morgan fingerprint density at radius 3 is 2.84 bits per heavy atom. The van der Waals surface area contributed by atoms with E-state index in [1.165, 1.54) is 6.20 Å². The van der Waals surface area contributed by atoms with Crippen LogP contribution in [0.1, 0.15) is 18.2 Å². The van der Waals surface area contributed by atoms with Crippen LogP contribution in [0, 0.1) is 18.3 Å². The number of nitrogens with zero attached hydrogens (tertiary/aromatic N) is 6. The fraction of sp³-hybridized carbons (Fsp3) is 0.231. The zero-order chi connectivity index (χ0) is 13.4. The van der Waals surface area contributed by atoms with E-state index in [1.54, 1.807) is 10.7 Å². The van der Waals surface area contributed by atoms with E-state index in [2.05, 4.69) is 21.3 Å². The molecule has 0 unspecified atom stereocenters. The lowest BCUT2D eigenvalue weighted by Crippen LogP contribution is -2.00. The van der Waals surface area contributed by atoms with Gasteiger partial charge < -0.3 is 0 Å². The molecule has 3 aromatic rings. The van der Waals surface area contributed by atoms with Crippen molar-refractivity contribution in [2.24, 2.45) is 0 Å². The van der Waals surface area contributed by atoms with Crippen molar-refractivity contribution in [2.45, 2.75) is 20.4 Å². The highest BCUT2D eigenvalue weighted by Gasteiger charge is 2.13. The third-order valence-corrected chi connectivity index (χ3v) is 3.20. The Morgan fingerprint density at radius 2 is 2.16 bits per heavy atom. The average molecular weight is 252 g/mol. The molecular weight excluding hydrogens is 240 g/mol. The minimum Gasteiger partial charge on any atom is -0.269 e. The van der Waals surface area contributed by atoms with Gasteiger partial charge in [0.25, 0.3) is 0 Å². The first kappa shape index (κ1) is 11.4. The van der Waals surface area contributed by atoms with E-state index >= 15 is 0 Å². The Bertz CT molecular complexity index is 789. The molecule has 0 spiro atoms. The zero-order valence-electron chi connectivity index (χ0n) is 10.7. The van der Waals surface area contributed by atoms with Crippen molar-refractivity contribution in [1.82, 2.24) is 24.4 Å². The molecule has 19 heavy (non-hydrogen) atoms. The number of nitriles is 1. The molecule has 6 heteroatoms. The molecule has 3 rings (SSSR count). The molecule has 0 aromatic carbocycles. The lowest BCUT2D eigenvalue weighted by Gasteiger charge is -2.04. The van der Waals surface area contributed by atoms with Crippen LogP contribution in [0.2, 0.25) is 0 Å². The Labute approximate surface area is 109 Å². The van der Waals surface area contributed by atoms with Gasteiger partial charge in [-0.3, -0.25) is 4.68 Å². The Kier molecular flexibility index (Phi) is 2.53. The van der Waals surface area contributed by atoms with Crippen LogP contribution in [-0.2, 0) is 6.54 Å². The molecular formula is C13H12N6. The smallest absolute Gasteiger partial charge is 0.173 e. The fourth-order valence-electron chi connectivity index (χ4n) is 2.19. The van der Waals surface area contributed by atoms with E-state index in [0.717, 1.165) is 23.5 Å². The second-order valence-corrected chi connectivity index (χ2v) is 4.19. The highest BCUT2D eigenvalue weighted by Crippen LogP contribution is 2.23. The predicted molar refractivity (Wildman–Crippen MR) is 69.3 cm³/mol. The summed E-state index contributed by atoms with van der Waals surface area (Å²) in [6, 6.07) is 3.97. The molecule has 0 aliphatic heterocycles. The minimum absolute atomic E-state index is 0.474. The summed E-state index contributed by atoms with van der Waals surface area (Å²) < 4.78 is 3.61. The SMILES string of the molecule is CCn1ncc(-c2ccnc3c(C#N)cnn23)c1C. The summed E-state index contributed by atoms with van der Waals surface area (Å²) >= 11 is 0. The van der Waals surface area contributed by atoms with Gasteiger partial charge in [0, 0.05) is 24.0 Å². The largest absolute Gasteiger partial charge is 0.269 e. The normalized spacial score (nSPS) is 10.8. The summed E-state index contributed by atoms with van der Waals surface area (Å²) in [5.41, 5.74) is 4.01. The van der Waals surface area contributed by atoms with Gasteiger partial charge in [-0.25, -0.2) is 9.50 Å². The summed E-state index contributed by atoms with van der Waals surface area (Å²) in [6.07, 6.45) is 5.04. The summed E-state index contributed by atoms with van der Waals surface area (Å²) in [4.78, 5) is 4.21. The minimum atomic E-state index is 0.474. The molecule has 0 atom stereocenters. The molecule has 0 fully saturated rings. The van der Waals surface area contributed by atoms with E-state index < -0.39 is 0 Å². The highest BCUT2D eigenvalue weighted by molar-refractivity contribution is 5.66. The molecule has 0 amide bonds. The Balaban J connectivity index is 2.28. The first-order valence-corrected chi connectivity index (χ1v) is 6.02. The predicted octanol–water partition coefficient (Wildman–Crippen LogP) is 1.79. The third kappa shape index (κ3) is 1.59. The van der Waals surface area contributed by atoms with Crippen LogP contribution >= 0.6 is 0 Å². The maximum Gasteiger partial charge on any atom is 0.173 e. The van der Waals surface area contributed by atoms with Gasteiger partial charge in [-0.1, -0.05) is 0 Å². The molecule has 0 saturated carbocycles. The monoisotopic (exact) mass is 252 g/mol. The maximum atomic E-state index is 9.02. The van der Waals surface area contributed by atoms with E-state index in [-0.39, 0.29) is 0 Å². The van der Waals surface area contributed by atoms with E-state index in [4.69, 9.17) is 5.26 Å². The van der Waals surface area contributed by atoms with Crippen LogP contribution in [0.5, 0.6) is 0 Å². The average Bonchev–Trinajstić information content (AvgIpc) is 3.01. The number of aryl methyl sites for hydroxylation is 1. The van der Waals surface area contributed by atoms with Crippen molar-refractivity contribution in [1.29, 1.82) is 5.26 Å². The zero-order valence-corrected chi connectivity index (χ0v) is 10.7. The van der Waals surface area contributed by atoms with Crippen molar-refractivity contribution < 1.29 is 0 Å². The maximum absolute atomic E-state index is 9.02. The van der Waals surface area contributed by atoms with Gasteiger partial charge >= 0.3 is 0 Å². The van der Waals surface area contributed by atoms with Gasteiger partial charge in [0.05, 0.1) is 18.1 Å². The molecule has 0 aliphatic carbocycles. The molecule has 0 bridgehead atoms. The molecule has 0 aliphatic rings. The molecule has 0 N–H and O–H groups in total. The van der Waals surface area contributed by atoms with Crippen LogP contribution in [0.15, 0.2) is 24.7 Å². The lowest BCUT2D eigenvalue weighted by atomic mass is 10.2. The first-order valence-electron chi connectivity index (χ1n) is 6.02. The van der Waals surface area contributed by atoms with Gasteiger partial charge in [0.1, 0.15) is 11.6 Å². The van der Waals surface area contributed by atoms with E-state index in [9.17, 15) is 0 Å². The second-order valence-electron chi connectivity index (χ2n) is 4.19. The topological polar surface area (TPSA) is 71.8 Å². The lowest BCUT2D eigenvalue weighted by molar-refractivity contribution is 0.640. The Hall–Kier alpha value is -2.68. The number of rotatable bonds is 2. The van der Waals surface area contributed by atoms with Crippen LogP contribution in [-0.4, -0.2) is 24.4 Å². The standard InChI is InChI=1S/C13H12N6/c1-3-18-9(2)11(8-16-18)12-4-5-15-13-10(6-14)7-17-19(12)13/h4-5,7-8H,3H2,1-2H3. The molecule has 3 aromatic heterocycles. The summed E-state index contributed by atoms with van der Waals surface area (Å²) in [7, 11) is 0. The third-order valence-electron chi connectivity index (χ3n) is 3.20. The van der Waals surface area contributed by atoms with Gasteiger partial charge in [0.2, 0.25) is 0 Å². The summed E-state index contributed by atoms with van der Waals surface area (Å²) in [5, 5.41) is 17.6. The fourth-order valence-corrected chi connectivity index (χ4v) is 2.19. The number of hydrogen-bond donors (Lipinski definition) is 0. The van der Waals surface area contributed by atoms with Gasteiger partial charge in [-0.2, -0.15) is 15.5 Å².